The van der Waals surface area contributed by atoms with Crippen LogP contribution in [0.3, 0.4) is 0 Å². The van der Waals surface area contributed by atoms with Gasteiger partial charge in [0.05, 0.1) is 16.3 Å². The molecule has 1 N–H and O–H groups in total. The Morgan fingerprint density at radius 1 is 1.03 bits per heavy atom. The van der Waals surface area contributed by atoms with E-state index in [1.54, 1.807) is 36.4 Å². The van der Waals surface area contributed by atoms with Crippen LogP contribution in [0.5, 0.6) is 23.0 Å². The van der Waals surface area contributed by atoms with E-state index in [9.17, 15) is 13.2 Å². The molecule has 1 saturated heterocycles. The van der Waals surface area contributed by atoms with E-state index in [1.807, 2.05) is 13.0 Å². The maximum absolute atomic E-state index is 13.8. The maximum atomic E-state index is 13.8. The van der Waals surface area contributed by atoms with E-state index in [4.69, 9.17) is 21.1 Å². The van der Waals surface area contributed by atoms with Crippen molar-refractivity contribution in [3.05, 3.63) is 70.7 Å². The van der Waals surface area contributed by atoms with Crippen LogP contribution in [0.25, 0.3) is 0 Å². The third-order valence-electron chi connectivity index (χ3n) is 6.31. The quantitative estimate of drug-likeness (QED) is 0.448. The van der Waals surface area contributed by atoms with Crippen molar-refractivity contribution in [1.29, 1.82) is 0 Å². The number of aryl methyl sites for hydroxylation is 1. The Balaban J connectivity index is 1.65. The molecule has 0 aromatic heterocycles. The third-order valence-corrected chi connectivity index (χ3v) is 8.54. The Morgan fingerprint density at radius 3 is 2.51 bits per heavy atom. The fraction of sp³-hybridized carbons (Fsp3) is 0.269. The summed E-state index contributed by atoms with van der Waals surface area (Å²) in [5, 5.41) is 3.16. The lowest BCUT2D eigenvalue weighted by molar-refractivity contribution is 0.102. The van der Waals surface area contributed by atoms with Crippen molar-refractivity contribution in [2.75, 3.05) is 18.4 Å². The molecule has 2 aliphatic heterocycles. The zero-order valence-electron chi connectivity index (χ0n) is 19.4. The standard InChI is InChI=1S/C26H25ClN2O5S/c1-16-9-11-29(12-10-16)35(31,32)25-14-18-23(15-24(25)33-21-6-4-3-5-19(21)27)34-22-8-7-17(2)13-20(22)28-26(18)30/h3-8,13-16H,9-12H2,1-2H3,(H,28,30). The Kier molecular flexibility index (Phi) is 6.21. The first kappa shape index (κ1) is 23.7. The molecule has 3 aromatic carbocycles. The minimum atomic E-state index is -3.96. The third kappa shape index (κ3) is 4.61. The highest BCUT2D eigenvalue weighted by Gasteiger charge is 2.34. The van der Waals surface area contributed by atoms with Crippen molar-refractivity contribution >= 4 is 33.2 Å². The molecule has 0 atom stereocenters. The van der Waals surface area contributed by atoms with Crippen LogP contribution in [0, 0.1) is 12.8 Å². The smallest absolute Gasteiger partial charge is 0.259 e. The van der Waals surface area contributed by atoms with Crippen molar-refractivity contribution in [3.8, 4) is 23.0 Å². The zero-order chi connectivity index (χ0) is 24.7. The fourth-order valence-electron chi connectivity index (χ4n) is 4.23. The molecular weight excluding hydrogens is 488 g/mol. The van der Waals surface area contributed by atoms with E-state index >= 15 is 0 Å². The van der Waals surface area contributed by atoms with Crippen LogP contribution < -0.4 is 14.8 Å². The Labute approximate surface area is 209 Å². The fourth-order valence-corrected chi connectivity index (χ4v) is 6.00. The van der Waals surface area contributed by atoms with E-state index in [1.165, 1.54) is 16.4 Å². The molecule has 2 heterocycles. The molecule has 35 heavy (non-hydrogen) atoms. The van der Waals surface area contributed by atoms with Crippen LogP contribution in [-0.2, 0) is 10.0 Å². The number of ether oxygens (including phenoxy) is 2. The summed E-state index contributed by atoms with van der Waals surface area (Å²) in [5.74, 6) is 0.974. The van der Waals surface area contributed by atoms with E-state index in [0.717, 1.165) is 18.4 Å². The Bertz CT molecular complexity index is 1420. The second-order valence-corrected chi connectivity index (χ2v) is 11.3. The predicted molar refractivity (Wildman–Crippen MR) is 134 cm³/mol. The predicted octanol–water partition coefficient (Wildman–Crippen LogP) is 6.22. The number of nitrogens with one attached hydrogen (secondary N) is 1. The van der Waals surface area contributed by atoms with Gasteiger partial charge in [-0.3, -0.25) is 4.79 Å². The molecule has 2 aliphatic rings. The number of rotatable bonds is 4. The van der Waals surface area contributed by atoms with E-state index in [-0.39, 0.29) is 22.0 Å². The highest BCUT2D eigenvalue weighted by atomic mass is 35.5. The van der Waals surface area contributed by atoms with Gasteiger partial charge >= 0.3 is 0 Å². The summed E-state index contributed by atoms with van der Waals surface area (Å²) in [6.07, 6.45) is 1.53. The Morgan fingerprint density at radius 2 is 1.77 bits per heavy atom. The number of halogens is 1. The van der Waals surface area contributed by atoms with Gasteiger partial charge in [-0.05, 0) is 61.6 Å². The average molecular weight is 513 g/mol. The topological polar surface area (TPSA) is 84.9 Å². The monoisotopic (exact) mass is 512 g/mol. The Hall–Kier alpha value is -3.07. The number of sulfonamides is 1. The van der Waals surface area contributed by atoms with Crippen LogP contribution in [-0.4, -0.2) is 31.7 Å². The number of carbonyl (C=O) groups excluding carboxylic acids is 1. The summed E-state index contributed by atoms with van der Waals surface area (Å²) in [7, 11) is -3.96. The average Bonchev–Trinajstić information content (AvgIpc) is 2.95. The van der Waals surface area contributed by atoms with Crippen LogP contribution in [0.2, 0.25) is 5.02 Å². The number of hydrogen-bond donors (Lipinski definition) is 1. The highest BCUT2D eigenvalue weighted by Crippen LogP contribution is 2.43. The minimum absolute atomic E-state index is 0.0406. The number of carbonyl (C=O) groups is 1. The number of anilines is 1. The van der Waals surface area contributed by atoms with E-state index < -0.39 is 15.9 Å². The largest absolute Gasteiger partial charge is 0.454 e. The molecule has 9 heteroatoms. The van der Waals surface area contributed by atoms with Crippen LogP contribution in [0.4, 0.5) is 5.69 Å². The van der Waals surface area contributed by atoms with Crippen molar-refractivity contribution in [2.24, 2.45) is 5.92 Å². The molecule has 5 rings (SSSR count). The highest BCUT2D eigenvalue weighted by molar-refractivity contribution is 7.89. The normalized spacial score (nSPS) is 16.5. The van der Waals surface area contributed by atoms with Crippen molar-refractivity contribution in [2.45, 2.75) is 31.6 Å². The summed E-state index contributed by atoms with van der Waals surface area (Å²) >= 11 is 6.30. The summed E-state index contributed by atoms with van der Waals surface area (Å²) in [4.78, 5) is 13.0. The van der Waals surface area contributed by atoms with Crippen molar-refractivity contribution < 1.29 is 22.7 Å². The molecule has 0 saturated carbocycles. The first-order valence-corrected chi connectivity index (χ1v) is 13.2. The first-order valence-electron chi connectivity index (χ1n) is 11.4. The molecular formula is C26H25ClN2O5S. The van der Waals surface area contributed by atoms with Crippen LogP contribution >= 0.6 is 11.6 Å². The summed E-state index contributed by atoms with van der Waals surface area (Å²) in [5.41, 5.74) is 1.56. The molecule has 0 unspecified atom stereocenters. The molecule has 182 valence electrons. The zero-order valence-corrected chi connectivity index (χ0v) is 20.9. The number of para-hydroxylation sites is 1. The molecule has 0 bridgehead atoms. The molecule has 3 aromatic rings. The molecule has 0 aliphatic carbocycles. The van der Waals surface area contributed by atoms with Gasteiger partial charge in [-0.2, -0.15) is 4.31 Å². The SMILES string of the molecule is Cc1ccc2c(c1)NC(=O)c1cc(S(=O)(=O)N3CCC(C)CC3)c(Oc3ccccc3Cl)cc1O2. The van der Waals surface area contributed by atoms with E-state index in [0.29, 0.717) is 41.2 Å². The lowest BCUT2D eigenvalue weighted by Gasteiger charge is -2.30. The van der Waals surface area contributed by atoms with Gasteiger partial charge in [0, 0.05) is 19.2 Å². The number of hydrogen-bond acceptors (Lipinski definition) is 5. The minimum Gasteiger partial charge on any atom is -0.454 e. The lowest BCUT2D eigenvalue weighted by Crippen LogP contribution is -2.38. The van der Waals surface area contributed by atoms with Gasteiger partial charge in [-0.15, -0.1) is 0 Å². The molecule has 0 radical (unpaired) electrons. The van der Waals surface area contributed by atoms with Gasteiger partial charge in [0.15, 0.2) is 11.5 Å². The maximum Gasteiger partial charge on any atom is 0.259 e. The van der Waals surface area contributed by atoms with Gasteiger partial charge in [0.1, 0.15) is 16.4 Å². The summed E-state index contributed by atoms with van der Waals surface area (Å²) in [6.45, 7) is 4.82. The number of piperidine rings is 1. The van der Waals surface area contributed by atoms with Crippen molar-refractivity contribution in [1.82, 2.24) is 4.31 Å². The molecule has 1 fully saturated rings. The van der Waals surface area contributed by atoms with Crippen LogP contribution in [0.1, 0.15) is 35.7 Å². The number of benzene rings is 3. The summed E-state index contributed by atoms with van der Waals surface area (Å²) < 4.78 is 41.1. The second-order valence-electron chi connectivity index (χ2n) is 8.97. The van der Waals surface area contributed by atoms with Gasteiger partial charge in [0.25, 0.3) is 5.91 Å². The lowest BCUT2D eigenvalue weighted by atomic mass is 10.0. The molecule has 0 spiro atoms. The number of fused-ring (bicyclic) bond motifs is 2. The van der Waals surface area contributed by atoms with Gasteiger partial charge in [0.2, 0.25) is 10.0 Å². The number of nitrogens with zero attached hydrogens (tertiary/aromatic N) is 1. The molecule has 7 nitrogen and oxygen atoms in total. The van der Waals surface area contributed by atoms with Gasteiger partial charge < -0.3 is 14.8 Å². The van der Waals surface area contributed by atoms with Gasteiger partial charge in [-0.1, -0.05) is 36.7 Å². The number of amides is 1. The molecule has 1 amide bonds. The first-order chi connectivity index (χ1) is 16.7. The second kappa shape index (κ2) is 9.18. The van der Waals surface area contributed by atoms with Crippen molar-refractivity contribution in [3.63, 3.8) is 0 Å². The van der Waals surface area contributed by atoms with Gasteiger partial charge in [-0.25, -0.2) is 8.42 Å². The van der Waals surface area contributed by atoms with E-state index in [2.05, 4.69) is 12.2 Å². The summed E-state index contributed by atoms with van der Waals surface area (Å²) in [6, 6.07) is 15.0. The van der Waals surface area contributed by atoms with Crippen LogP contribution in [0.15, 0.2) is 59.5 Å².